The summed E-state index contributed by atoms with van der Waals surface area (Å²) in [7, 11) is 1.99. The zero-order valence-corrected chi connectivity index (χ0v) is 11.2. The summed E-state index contributed by atoms with van der Waals surface area (Å²) in [4.78, 5) is 9.25. The first-order valence-electron chi connectivity index (χ1n) is 5.30. The van der Waals surface area contributed by atoms with Gasteiger partial charge < -0.3 is 14.5 Å². The Morgan fingerprint density at radius 3 is 2.19 bits per heavy atom. The molecule has 0 aliphatic rings. The second-order valence-corrected chi connectivity index (χ2v) is 6.03. The van der Waals surface area contributed by atoms with Crippen LogP contribution in [-0.2, 0) is 13.6 Å². The Morgan fingerprint density at radius 1 is 1.12 bits per heavy atom. The summed E-state index contributed by atoms with van der Waals surface area (Å²) >= 11 is 0. The van der Waals surface area contributed by atoms with Crippen LogP contribution in [0.5, 0.6) is 0 Å². The van der Waals surface area contributed by atoms with Crippen LogP contribution in [0.2, 0.25) is 0 Å². The third-order valence-corrected chi connectivity index (χ3v) is 2.84. The van der Waals surface area contributed by atoms with Gasteiger partial charge in [-0.05, 0) is 12.8 Å². The molecule has 0 aromatic heterocycles. The summed E-state index contributed by atoms with van der Waals surface area (Å²) in [5.74, 6) is 0. The van der Waals surface area contributed by atoms with Gasteiger partial charge in [-0.2, -0.15) is 0 Å². The van der Waals surface area contributed by atoms with Crippen molar-refractivity contribution >= 4 is 7.82 Å². The molecule has 98 valence electrons. The Bertz CT molecular complexity index is 228. The van der Waals surface area contributed by atoms with Crippen LogP contribution in [0.3, 0.4) is 0 Å². The number of quaternary nitrogens is 1. The maximum atomic E-state index is 11.3. The summed E-state index contributed by atoms with van der Waals surface area (Å²) in [6.45, 7) is 0.988. The van der Waals surface area contributed by atoms with Gasteiger partial charge in [0.05, 0.1) is 27.7 Å². The van der Waals surface area contributed by atoms with E-state index >= 15 is 0 Å². The molecule has 0 fully saturated rings. The van der Waals surface area contributed by atoms with E-state index in [2.05, 4.69) is 0 Å². The van der Waals surface area contributed by atoms with Crippen LogP contribution >= 0.6 is 7.82 Å². The molecule has 16 heavy (non-hydrogen) atoms. The molecule has 1 atom stereocenters. The van der Waals surface area contributed by atoms with Crippen LogP contribution in [0.25, 0.3) is 0 Å². The minimum Gasteiger partial charge on any atom is -0.396 e. The molecule has 0 aromatic rings. The van der Waals surface area contributed by atoms with Crippen molar-refractivity contribution in [2.45, 2.75) is 12.8 Å². The van der Waals surface area contributed by atoms with E-state index in [9.17, 15) is 9.46 Å². The Labute approximate surface area is 97.0 Å². The summed E-state index contributed by atoms with van der Waals surface area (Å²) in [6.07, 6.45) is 1.10. The van der Waals surface area contributed by atoms with Crippen LogP contribution in [0.1, 0.15) is 12.8 Å². The zero-order chi connectivity index (χ0) is 12.7. The van der Waals surface area contributed by atoms with Crippen molar-refractivity contribution in [3.05, 3.63) is 0 Å². The summed E-state index contributed by atoms with van der Waals surface area (Å²) < 4.78 is 21.5. The van der Waals surface area contributed by atoms with E-state index in [1.807, 2.05) is 21.1 Å². The predicted octanol–water partition coefficient (Wildman–Crippen LogP) is 0.599. The predicted molar refractivity (Wildman–Crippen MR) is 60.9 cm³/mol. The van der Waals surface area contributed by atoms with Gasteiger partial charge in [-0.3, -0.25) is 9.05 Å². The lowest BCUT2D eigenvalue weighted by Crippen LogP contribution is -2.37. The molecule has 0 saturated heterocycles. The van der Waals surface area contributed by atoms with Gasteiger partial charge in [0, 0.05) is 6.61 Å². The first-order valence-corrected chi connectivity index (χ1v) is 6.79. The fourth-order valence-corrected chi connectivity index (χ4v) is 1.61. The molecule has 0 heterocycles. The number of rotatable bonds is 9. The molecule has 6 nitrogen and oxygen atoms in total. The Hall–Kier alpha value is 0.0300. The number of hydrogen-bond acceptors (Lipinski definition) is 4. The molecule has 2 N–H and O–H groups in total. The third-order valence-electron chi connectivity index (χ3n) is 1.82. The highest BCUT2D eigenvalue weighted by Gasteiger charge is 2.21. The molecule has 0 spiro atoms. The van der Waals surface area contributed by atoms with E-state index in [1.54, 1.807) is 0 Å². The molecular weight excluding hydrogens is 233 g/mol. The van der Waals surface area contributed by atoms with Crippen molar-refractivity contribution in [3.63, 3.8) is 0 Å². The van der Waals surface area contributed by atoms with Crippen molar-refractivity contribution in [2.75, 3.05) is 47.5 Å². The number of hydrogen-bond donors (Lipinski definition) is 2. The molecule has 0 amide bonds. The summed E-state index contributed by atoms with van der Waals surface area (Å²) in [5, 5.41) is 8.51. The van der Waals surface area contributed by atoms with Gasteiger partial charge >= 0.3 is 7.82 Å². The lowest BCUT2D eigenvalue weighted by molar-refractivity contribution is -0.870. The smallest absolute Gasteiger partial charge is 0.396 e. The van der Waals surface area contributed by atoms with Gasteiger partial charge in [-0.1, -0.05) is 0 Å². The minimum absolute atomic E-state index is 0.0570. The van der Waals surface area contributed by atoms with Gasteiger partial charge in [0.1, 0.15) is 13.2 Å². The molecule has 0 radical (unpaired) electrons. The molecule has 7 heteroatoms. The van der Waals surface area contributed by atoms with Crippen molar-refractivity contribution < 1.29 is 28.1 Å². The maximum Gasteiger partial charge on any atom is 0.472 e. The van der Waals surface area contributed by atoms with E-state index < -0.39 is 7.82 Å². The Kier molecular flexibility index (Phi) is 7.39. The molecule has 0 aromatic carbocycles. The van der Waals surface area contributed by atoms with E-state index in [-0.39, 0.29) is 19.8 Å². The topological polar surface area (TPSA) is 76.0 Å². The van der Waals surface area contributed by atoms with Crippen molar-refractivity contribution in [3.8, 4) is 0 Å². The SMILES string of the molecule is C[N+](C)(C)CCOP(=O)(O)OCCCCO. The van der Waals surface area contributed by atoms with Gasteiger partial charge in [0.25, 0.3) is 0 Å². The number of aliphatic hydroxyl groups excluding tert-OH is 1. The summed E-state index contributed by atoms with van der Waals surface area (Å²) in [6, 6.07) is 0. The van der Waals surface area contributed by atoms with Gasteiger partial charge in [0.2, 0.25) is 0 Å². The molecule has 0 rings (SSSR count). The van der Waals surface area contributed by atoms with Crippen LogP contribution in [-0.4, -0.2) is 62.0 Å². The summed E-state index contributed by atoms with van der Waals surface area (Å²) in [5.41, 5.74) is 0. The Morgan fingerprint density at radius 2 is 1.69 bits per heavy atom. The van der Waals surface area contributed by atoms with Crippen LogP contribution < -0.4 is 0 Å². The average molecular weight is 256 g/mol. The number of nitrogens with zero attached hydrogens (tertiary/aromatic N) is 1. The van der Waals surface area contributed by atoms with Crippen molar-refractivity contribution in [1.29, 1.82) is 0 Å². The number of likely N-dealkylation sites (N-methyl/N-ethyl adjacent to an activating group) is 1. The molecule has 0 aliphatic carbocycles. The lowest BCUT2D eigenvalue weighted by Gasteiger charge is -2.24. The van der Waals surface area contributed by atoms with Crippen LogP contribution in [0, 0.1) is 0 Å². The fourth-order valence-electron chi connectivity index (χ4n) is 0.861. The third kappa shape index (κ3) is 10.5. The molecule has 0 bridgehead atoms. The first-order chi connectivity index (χ1) is 7.27. The van der Waals surface area contributed by atoms with E-state index in [4.69, 9.17) is 14.2 Å². The fraction of sp³-hybridized carbons (Fsp3) is 1.00. The van der Waals surface area contributed by atoms with E-state index in [1.165, 1.54) is 0 Å². The highest BCUT2D eigenvalue weighted by molar-refractivity contribution is 7.47. The van der Waals surface area contributed by atoms with Crippen LogP contribution in [0.4, 0.5) is 0 Å². The number of phosphoric acid groups is 1. The number of phosphoric ester groups is 1. The Balaban J connectivity index is 3.66. The minimum atomic E-state index is -3.91. The standard InChI is InChI=1S/C9H22NO5P/c1-10(2,3)6-9-15-16(12,13)14-8-5-4-7-11/h11H,4-9H2,1-3H3/p+1. The highest BCUT2D eigenvalue weighted by Crippen LogP contribution is 2.43. The number of aliphatic hydroxyl groups is 1. The second-order valence-electron chi connectivity index (χ2n) is 4.58. The number of unbranched alkanes of at least 4 members (excludes halogenated alkanes) is 1. The van der Waals surface area contributed by atoms with Crippen molar-refractivity contribution in [2.24, 2.45) is 0 Å². The maximum absolute atomic E-state index is 11.3. The molecular formula is C9H23NO5P+. The van der Waals surface area contributed by atoms with Gasteiger partial charge in [0.15, 0.2) is 0 Å². The van der Waals surface area contributed by atoms with E-state index in [0.717, 1.165) is 0 Å². The van der Waals surface area contributed by atoms with Crippen LogP contribution in [0.15, 0.2) is 0 Å². The molecule has 0 saturated carbocycles. The largest absolute Gasteiger partial charge is 0.472 e. The quantitative estimate of drug-likeness (QED) is 0.359. The van der Waals surface area contributed by atoms with Gasteiger partial charge in [-0.15, -0.1) is 0 Å². The molecule has 1 unspecified atom stereocenters. The van der Waals surface area contributed by atoms with E-state index in [0.29, 0.717) is 23.9 Å². The van der Waals surface area contributed by atoms with Gasteiger partial charge in [-0.25, -0.2) is 4.57 Å². The highest BCUT2D eigenvalue weighted by atomic mass is 31.2. The normalized spacial score (nSPS) is 16.1. The lowest BCUT2D eigenvalue weighted by atomic mass is 10.3. The molecule has 0 aliphatic heterocycles. The monoisotopic (exact) mass is 256 g/mol. The first kappa shape index (κ1) is 16.0. The average Bonchev–Trinajstić information content (AvgIpc) is 2.10. The second kappa shape index (κ2) is 7.37. The zero-order valence-electron chi connectivity index (χ0n) is 10.3. The van der Waals surface area contributed by atoms with Crippen molar-refractivity contribution in [1.82, 2.24) is 0 Å².